The predicted octanol–water partition coefficient (Wildman–Crippen LogP) is 4.14. The number of nitrogens with one attached hydrogen (secondary N) is 1. The van der Waals surface area contributed by atoms with E-state index in [2.05, 4.69) is 10.3 Å². The second kappa shape index (κ2) is 6.49. The lowest BCUT2D eigenvalue weighted by Crippen LogP contribution is -2.28. The summed E-state index contributed by atoms with van der Waals surface area (Å²) < 4.78 is 0. The summed E-state index contributed by atoms with van der Waals surface area (Å²) in [6.45, 7) is 3.94. The van der Waals surface area contributed by atoms with Crippen LogP contribution in [-0.2, 0) is 4.79 Å². The first kappa shape index (κ1) is 16.3. The third-order valence-electron chi connectivity index (χ3n) is 4.07. The average molecular weight is 340 g/mol. The van der Waals surface area contributed by atoms with Gasteiger partial charge in [-0.3, -0.25) is 4.79 Å². The highest BCUT2D eigenvalue weighted by molar-refractivity contribution is 6.31. The molecule has 0 unspecified atom stereocenters. The van der Waals surface area contributed by atoms with Crippen LogP contribution < -0.4 is 11.1 Å². The first-order chi connectivity index (χ1) is 11.5. The molecule has 0 spiro atoms. The second-order valence-corrected chi connectivity index (χ2v) is 6.17. The topological polar surface area (TPSA) is 68.0 Å². The molecule has 0 aliphatic carbocycles. The van der Waals surface area contributed by atoms with Gasteiger partial charge in [-0.1, -0.05) is 48.0 Å². The van der Waals surface area contributed by atoms with Crippen molar-refractivity contribution in [2.45, 2.75) is 19.9 Å². The fraction of sp³-hybridized carbons (Fsp3) is 0.158. The minimum atomic E-state index is -0.754. The van der Waals surface area contributed by atoms with Crippen LogP contribution in [0.15, 0.2) is 48.5 Å². The zero-order chi connectivity index (χ0) is 17.3. The van der Waals surface area contributed by atoms with E-state index < -0.39 is 11.9 Å². The number of halogens is 1. The lowest BCUT2D eigenvalue weighted by molar-refractivity contribution is -0.118. The van der Waals surface area contributed by atoms with Crippen molar-refractivity contribution in [2.24, 2.45) is 5.73 Å². The van der Waals surface area contributed by atoms with Gasteiger partial charge in [0.05, 0.1) is 5.52 Å². The Morgan fingerprint density at radius 3 is 2.54 bits per heavy atom. The van der Waals surface area contributed by atoms with Crippen LogP contribution in [0.3, 0.4) is 0 Å². The molecule has 4 nitrogen and oxygen atoms in total. The van der Waals surface area contributed by atoms with E-state index in [4.69, 9.17) is 17.3 Å². The maximum absolute atomic E-state index is 12.0. The fourth-order valence-electron chi connectivity index (χ4n) is 2.74. The molecule has 1 aromatic heterocycles. The number of carbonyl (C=O) groups excluding carboxylic acids is 1. The van der Waals surface area contributed by atoms with Gasteiger partial charge in [0.15, 0.2) is 0 Å². The molecule has 1 atom stereocenters. The van der Waals surface area contributed by atoms with Crippen molar-refractivity contribution in [3.05, 3.63) is 70.4 Å². The number of nitrogens with zero attached hydrogens (tertiary/aromatic N) is 1. The molecule has 0 saturated heterocycles. The van der Waals surface area contributed by atoms with E-state index in [-0.39, 0.29) is 5.15 Å². The lowest BCUT2D eigenvalue weighted by Gasteiger charge is -2.20. The van der Waals surface area contributed by atoms with Crippen molar-refractivity contribution in [3.63, 3.8) is 0 Å². The maximum atomic E-state index is 12.0. The van der Waals surface area contributed by atoms with Crippen molar-refractivity contribution in [3.8, 4) is 0 Å². The van der Waals surface area contributed by atoms with Crippen LogP contribution >= 0.6 is 11.6 Å². The first-order valence-electron chi connectivity index (χ1n) is 7.64. The quantitative estimate of drug-likeness (QED) is 0.702. The molecule has 2 aromatic carbocycles. The van der Waals surface area contributed by atoms with Gasteiger partial charge in [-0.05, 0) is 37.1 Å². The van der Waals surface area contributed by atoms with Gasteiger partial charge in [-0.2, -0.15) is 0 Å². The molecule has 3 rings (SSSR count). The van der Waals surface area contributed by atoms with Gasteiger partial charge in [0, 0.05) is 16.6 Å². The number of fused-ring (bicyclic) bond motifs is 1. The summed E-state index contributed by atoms with van der Waals surface area (Å²) in [6, 6.07) is 14.7. The Balaban J connectivity index is 2.09. The molecule has 1 heterocycles. The Hall–Kier alpha value is -2.59. The van der Waals surface area contributed by atoms with Gasteiger partial charge in [0.2, 0.25) is 5.91 Å². The van der Waals surface area contributed by atoms with E-state index in [9.17, 15) is 4.79 Å². The van der Waals surface area contributed by atoms with Crippen molar-refractivity contribution < 1.29 is 4.79 Å². The number of hydrogen-bond donors (Lipinski definition) is 2. The van der Waals surface area contributed by atoms with E-state index in [0.29, 0.717) is 5.56 Å². The molecule has 122 valence electrons. The number of benzene rings is 2. The molecule has 3 N–H and O–H groups in total. The minimum absolute atomic E-state index is 0.279. The van der Waals surface area contributed by atoms with Gasteiger partial charge in [-0.25, -0.2) is 4.98 Å². The number of hydrogen-bond acceptors (Lipinski definition) is 3. The summed E-state index contributed by atoms with van der Waals surface area (Å²) in [6.07, 6.45) is 0. The van der Waals surface area contributed by atoms with Gasteiger partial charge in [0.25, 0.3) is 0 Å². The number of aryl methyl sites for hydroxylation is 2. The summed E-state index contributed by atoms with van der Waals surface area (Å²) in [4.78, 5) is 16.5. The Morgan fingerprint density at radius 1 is 1.12 bits per heavy atom. The number of anilines is 1. The maximum Gasteiger partial charge on any atom is 0.244 e. The van der Waals surface area contributed by atoms with Crippen LogP contribution in [0.4, 0.5) is 5.69 Å². The van der Waals surface area contributed by atoms with Crippen molar-refractivity contribution in [2.75, 3.05) is 5.32 Å². The highest BCUT2D eigenvalue weighted by atomic mass is 35.5. The Bertz CT molecular complexity index is 924. The van der Waals surface area contributed by atoms with E-state index in [1.165, 1.54) is 0 Å². The van der Waals surface area contributed by atoms with E-state index in [1.807, 2.05) is 62.4 Å². The molecule has 0 aliphatic heterocycles. The van der Waals surface area contributed by atoms with Crippen LogP contribution in [0.2, 0.25) is 5.15 Å². The number of nitrogens with two attached hydrogens (primary N) is 1. The number of para-hydroxylation sites is 2. The van der Waals surface area contributed by atoms with Crippen molar-refractivity contribution >= 4 is 34.1 Å². The molecular weight excluding hydrogens is 322 g/mol. The summed E-state index contributed by atoms with van der Waals surface area (Å²) in [5.41, 5.74) is 9.90. The summed E-state index contributed by atoms with van der Waals surface area (Å²) in [5, 5.41) is 4.39. The van der Waals surface area contributed by atoms with Gasteiger partial charge in [-0.15, -0.1) is 0 Å². The first-order valence-corrected chi connectivity index (χ1v) is 8.02. The highest BCUT2D eigenvalue weighted by Crippen LogP contribution is 2.30. The number of aromatic nitrogens is 1. The molecule has 1 amide bonds. The summed E-state index contributed by atoms with van der Waals surface area (Å²) in [5.74, 6) is -0.506. The molecule has 3 aromatic rings. The Kier molecular flexibility index (Phi) is 4.40. The average Bonchev–Trinajstić information content (AvgIpc) is 2.54. The number of rotatable bonds is 4. The van der Waals surface area contributed by atoms with Crippen LogP contribution in [0.5, 0.6) is 0 Å². The molecular formula is C19H18ClN3O. The summed E-state index contributed by atoms with van der Waals surface area (Å²) in [7, 11) is 0. The van der Waals surface area contributed by atoms with Gasteiger partial charge >= 0.3 is 0 Å². The third-order valence-corrected chi connectivity index (χ3v) is 4.37. The van der Waals surface area contributed by atoms with Crippen LogP contribution in [0.25, 0.3) is 10.9 Å². The minimum Gasteiger partial charge on any atom is -0.370 e. The van der Waals surface area contributed by atoms with Crippen LogP contribution in [-0.4, -0.2) is 10.9 Å². The number of amides is 1. The largest absolute Gasteiger partial charge is 0.370 e. The zero-order valence-electron chi connectivity index (χ0n) is 13.5. The smallest absolute Gasteiger partial charge is 0.244 e. The van der Waals surface area contributed by atoms with E-state index in [1.54, 1.807) is 0 Å². The van der Waals surface area contributed by atoms with Crippen LogP contribution in [0, 0.1) is 13.8 Å². The molecule has 0 bridgehead atoms. The monoisotopic (exact) mass is 339 g/mol. The molecule has 0 fully saturated rings. The SMILES string of the molecule is Cc1ccccc1N[C@@H](C(N)=O)c1cc2cccc(C)c2nc1Cl. The summed E-state index contributed by atoms with van der Waals surface area (Å²) >= 11 is 6.36. The molecule has 0 aliphatic rings. The van der Waals surface area contributed by atoms with Gasteiger partial charge < -0.3 is 11.1 Å². The highest BCUT2D eigenvalue weighted by Gasteiger charge is 2.22. The van der Waals surface area contributed by atoms with Crippen LogP contribution in [0.1, 0.15) is 22.7 Å². The molecule has 0 saturated carbocycles. The van der Waals surface area contributed by atoms with Crippen molar-refractivity contribution in [1.29, 1.82) is 0 Å². The zero-order valence-corrected chi connectivity index (χ0v) is 14.3. The van der Waals surface area contributed by atoms with Crippen molar-refractivity contribution in [1.82, 2.24) is 4.98 Å². The molecule has 5 heteroatoms. The third kappa shape index (κ3) is 3.05. The lowest BCUT2D eigenvalue weighted by atomic mass is 10.0. The Labute approximate surface area is 145 Å². The normalized spacial score (nSPS) is 12.1. The predicted molar refractivity (Wildman–Crippen MR) is 98.2 cm³/mol. The number of carbonyl (C=O) groups is 1. The van der Waals surface area contributed by atoms with E-state index >= 15 is 0 Å². The van der Waals surface area contributed by atoms with Gasteiger partial charge in [0.1, 0.15) is 11.2 Å². The van der Waals surface area contributed by atoms with E-state index in [0.717, 1.165) is 27.7 Å². The number of primary amides is 1. The molecule has 24 heavy (non-hydrogen) atoms. The fourth-order valence-corrected chi connectivity index (χ4v) is 2.98. The molecule has 0 radical (unpaired) electrons. The number of pyridine rings is 1. The second-order valence-electron chi connectivity index (χ2n) is 5.81. The standard InChI is InChI=1S/C19H18ClN3O/c1-11-6-3-4-9-15(11)22-17(19(21)24)14-10-13-8-5-7-12(2)16(13)23-18(14)20/h3-10,17,22H,1-2H3,(H2,21,24)/t17-/m1/s1. The Morgan fingerprint density at radius 2 is 1.83 bits per heavy atom.